The molecular formula is C22H28N7+. The molecule has 0 saturated carbocycles. The molecule has 7 heteroatoms. The Morgan fingerprint density at radius 3 is 2.72 bits per heavy atom. The van der Waals surface area contributed by atoms with E-state index < -0.39 is 0 Å². The van der Waals surface area contributed by atoms with Gasteiger partial charge in [0.05, 0.1) is 31.5 Å². The van der Waals surface area contributed by atoms with Crippen molar-refractivity contribution in [2.24, 2.45) is 14.1 Å². The summed E-state index contributed by atoms with van der Waals surface area (Å²) in [6, 6.07) is 9.08. The van der Waals surface area contributed by atoms with Gasteiger partial charge in [0.1, 0.15) is 11.6 Å². The highest BCUT2D eigenvalue weighted by atomic mass is 15.3. The van der Waals surface area contributed by atoms with Crippen LogP contribution in [0.5, 0.6) is 0 Å². The van der Waals surface area contributed by atoms with E-state index >= 15 is 0 Å². The Balaban J connectivity index is 1.42. The average molecular weight is 391 g/mol. The molecule has 0 radical (unpaired) electrons. The van der Waals surface area contributed by atoms with Crippen LogP contribution in [0.4, 0.5) is 17.2 Å². The zero-order valence-corrected chi connectivity index (χ0v) is 17.6. The van der Waals surface area contributed by atoms with Crippen LogP contribution in [-0.2, 0) is 14.1 Å². The molecular weight excluding hydrogens is 362 g/mol. The number of hydrogen-bond acceptors (Lipinski definition) is 5. The first-order chi connectivity index (χ1) is 14.1. The molecule has 1 aromatic carbocycles. The maximum atomic E-state index is 4.81. The van der Waals surface area contributed by atoms with Crippen LogP contribution in [0.2, 0.25) is 0 Å². The lowest BCUT2D eigenvalue weighted by Crippen LogP contribution is -2.48. The number of piperidine rings is 1. The molecule has 0 amide bonds. The lowest BCUT2D eigenvalue weighted by molar-refractivity contribution is -0.660. The van der Waals surface area contributed by atoms with Crippen LogP contribution in [0.15, 0.2) is 42.5 Å². The fourth-order valence-corrected chi connectivity index (χ4v) is 4.69. The third-order valence-electron chi connectivity index (χ3n) is 6.28. The van der Waals surface area contributed by atoms with Crippen LogP contribution < -0.4 is 19.7 Å². The van der Waals surface area contributed by atoms with E-state index in [9.17, 15) is 0 Å². The molecule has 29 heavy (non-hydrogen) atoms. The molecule has 0 spiro atoms. The van der Waals surface area contributed by atoms with Crippen molar-refractivity contribution in [1.82, 2.24) is 14.5 Å². The number of benzene rings is 1. The zero-order valence-electron chi connectivity index (χ0n) is 17.6. The first kappa shape index (κ1) is 18.0. The standard InChI is InChI=1S/C22H28N7/c1-5-19-25-17-8-6-7-9-18(17)29(19)16-10-12-28(13-11-16)22-20-21(23-14-26(22)3)27(4)15(2)24-20/h5-9,14,16,25H,10-13H2,1-4H3/q+1. The Labute approximate surface area is 171 Å². The molecule has 7 nitrogen and oxygen atoms in total. The number of aromatic nitrogens is 4. The van der Waals surface area contributed by atoms with Crippen LogP contribution >= 0.6 is 0 Å². The average Bonchev–Trinajstić information content (AvgIpc) is 3.25. The van der Waals surface area contributed by atoms with Gasteiger partial charge in [-0.3, -0.25) is 4.90 Å². The fraction of sp³-hybridized carbons (Fsp3) is 0.409. The number of imidazole rings is 1. The summed E-state index contributed by atoms with van der Waals surface area (Å²) in [4.78, 5) is 14.4. The Bertz CT molecular complexity index is 1110. The second kappa shape index (κ2) is 6.76. The Kier molecular flexibility index (Phi) is 4.19. The number of hydrogen-bond donors (Lipinski definition) is 1. The van der Waals surface area contributed by atoms with Crippen molar-refractivity contribution in [3.05, 3.63) is 48.3 Å². The maximum absolute atomic E-state index is 4.81. The molecule has 1 fully saturated rings. The summed E-state index contributed by atoms with van der Waals surface area (Å²) in [7, 11) is 4.10. The molecule has 0 bridgehead atoms. The Morgan fingerprint density at radius 2 is 1.97 bits per heavy atom. The van der Waals surface area contributed by atoms with Gasteiger partial charge in [0.25, 0.3) is 5.82 Å². The summed E-state index contributed by atoms with van der Waals surface area (Å²) < 4.78 is 4.18. The molecule has 0 atom stereocenters. The third kappa shape index (κ3) is 2.75. The minimum absolute atomic E-state index is 0.488. The van der Waals surface area contributed by atoms with Gasteiger partial charge in [0.2, 0.25) is 12.0 Å². The topological polar surface area (TPSA) is 53.1 Å². The van der Waals surface area contributed by atoms with Crippen molar-refractivity contribution in [1.29, 1.82) is 0 Å². The van der Waals surface area contributed by atoms with Gasteiger partial charge >= 0.3 is 0 Å². The predicted octanol–water partition coefficient (Wildman–Crippen LogP) is 2.86. The van der Waals surface area contributed by atoms with Gasteiger partial charge in [-0.2, -0.15) is 0 Å². The monoisotopic (exact) mass is 390 g/mol. The lowest BCUT2D eigenvalue weighted by Gasteiger charge is -2.36. The quantitative estimate of drug-likeness (QED) is 0.682. The Morgan fingerprint density at radius 1 is 1.21 bits per heavy atom. The number of nitrogens with one attached hydrogen (secondary N) is 1. The number of para-hydroxylation sites is 2. The molecule has 1 N–H and O–H groups in total. The normalized spacial score (nSPS) is 18.6. The van der Waals surface area contributed by atoms with Crippen molar-refractivity contribution in [2.75, 3.05) is 28.2 Å². The van der Waals surface area contributed by atoms with Crippen molar-refractivity contribution >= 4 is 28.4 Å². The smallest absolute Gasteiger partial charge is 0.255 e. The van der Waals surface area contributed by atoms with Crippen molar-refractivity contribution in [3.8, 4) is 0 Å². The molecule has 2 aliphatic heterocycles. The summed E-state index contributed by atoms with van der Waals surface area (Å²) in [6.07, 6.45) is 6.28. The number of anilines is 3. The number of aryl methyl sites for hydroxylation is 3. The largest absolute Gasteiger partial charge is 0.340 e. The van der Waals surface area contributed by atoms with Crippen LogP contribution in [0.25, 0.3) is 11.2 Å². The summed E-state index contributed by atoms with van der Waals surface area (Å²) in [6.45, 7) is 6.15. The van der Waals surface area contributed by atoms with Gasteiger partial charge in [-0.15, -0.1) is 0 Å². The van der Waals surface area contributed by atoms with Crippen molar-refractivity contribution in [2.45, 2.75) is 32.7 Å². The van der Waals surface area contributed by atoms with Gasteiger partial charge in [-0.1, -0.05) is 17.1 Å². The number of rotatable bonds is 2. The molecule has 1 saturated heterocycles. The Hall–Kier alpha value is -3.09. The minimum atomic E-state index is 0.488. The van der Waals surface area contributed by atoms with Crippen LogP contribution in [-0.4, -0.2) is 33.7 Å². The van der Waals surface area contributed by atoms with E-state index in [0.29, 0.717) is 6.04 Å². The highest BCUT2D eigenvalue weighted by Crippen LogP contribution is 2.40. The number of fused-ring (bicyclic) bond motifs is 2. The van der Waals surface area contributed by atoms with E-state index in [1.807, 2.05) is 20.3 Å². The number of nitrogens with zero attached hydrogens (tertiary/aromatic N) is 6. The van der Waals surface area contributed by atoms with Crippen LogP contribution in [0.3, 0.4) is 0 Å². The third-order valence-corrected chi connectivity index (χ3v) is 6.28. The number of allylic oxidation sites excluding steroid dienone is 1. The molecule has 4 heterocycles. The lowest BCUT2D eigenvalue weighted by atomic mass is 10.0. The molecule has 0 aliphatic carbocycles. The minimum Gasteiger partial charge on any atom is -0.340 e. The van der Waals surface area contributed by atoms with Crippen molar-refractivity contribution < 1.29 is 4.57 Å². The fourth-order valence-electron chi connectivity index (χ4n) is 4.69. The maximum Gasteiger partial charge on any atom is 0.255 e. The molecule has 150 valence electrons. The SMILES string of the molecule is CC=C1Nc2ccccc2N1C1CCN(c2c3nc(C)n(C)c3nc[n+]2C)CC1. The van der Waals surface area contributed by atoms with Crippen LogP contribution in [0.1, 0.15) is 25.6 Å². The van der Waals surface area contributed by atoms with Crippen molar-refractivity contribution in [3.63, 3.8) is 0 Å². The molecule has 2 aliphatic rings. The second-order valence-corrected chi connectivity index (χ2v) is 7.97. The molecule has 2 aromatic heterocycles. The van der Waals surface area contributed by atoms with E-state index in [2.05, 4.69) is 73.5 Å². The second-order valence-electron chi connectivity index (χ2n) is 7.97. The molecule has 0 unspecified atom stereocenters. The van der Waals surface area contributed by atoms with Gasteiger partial charge in [-0.25, -0.2) is 9.55 Å². The van der Waals surface area contributed by atoms with Gasteiger partial charge < -0.3 is 14.8 Å². The van der Waals surface area contributed by atoms with Gasteiger partial charge in [0.15, 0.2) is 5.52 Å². The van der Waals surface area contributed by atoms with Crippen LogP contribution in [0, 0.1) is 6.92 Å². The van der Waals surface area contributed by atoms with E-state index in [1.54, 1.807) is 0 Å². The first-order valence-electron chi connectivity index (χ1n) is 10.3. The highest BCUT2D eigenvalue weighted by Gasteiger charge is 2.35. The van der Waals surface area contributed by atoms with Gasteiger partial charge in [-0.05, 0) is 44.9 Å². The molecule has 5 rings (SSSR count). The summed E-state index contributed by atoms with van der Waals surface area (Å²) in [5.41, 5.74) is 4.44. The van der Waals surface area contributed by atoms with E-state index in [4.69, 9.17) is 4.98 Å². The van der Waals surface area contributed by atoms with E-state index in [1.165, 1.54) is 23.0 Å². The van der Waals surface area contributed by atoms with E-state index in [0.717, 1.165) is 42.9 Å². The first-order valence-corrected chi connectivity index (χ1v) is 10.3. The van der Waals surface area contributed by atoms with E-state index in [-0.39, 0.29) is 0 Å². The predicted molar refractivity (Wildman–Crippen MR) is 116 cm³/mol. The van der Waals surface area contributed by atoms with Gasteiger partial charge in [0, 0.05) is 13.1 Å². The summed E-state index contributed by atoms with van der Waals surface area (Å²) in [5, 5.41) is 3.56. The summed E-state index contributed by atoms with van der Waals surface area (Å²) in [5.74, 6) is 3.36. The zero-order chi connectivity index (χ0) is 20.1. The molecule has 3 aromatic rings. The summed E-state index contributed by atoms with van der Waals surface area (Å²) >= 11 is 0. The highest BCUT2D eigenvalue weighted by molar-refractivity contribution is 5.83.